The van der Waals surface area contributed by atoms with Gasteiger partial charge in [0.15, 0.2) is 17.3 Å². The number of aliphatic hydroxyl groups excluding tert-OH is 1. The number of aliphatic hydroxyl groups is 1. The van der Waals surface area contributed by atoms with Gasteiger partial charge >= 0.3 is 6.03 Å². The van der Waals surface area contributed by atoms with Crippen molar-refractivity contribution < 1.29 is 19.4 Å². The fourth-order valence-corrected chi connectivity index (χ4v) is 6.61. The van der Waals surface area contributed by atoms with Crippen LogP contribution >= 0.6 is 0 Å². The average Bonchev–Trinajstić information content (AvgIpc) is 3.65. The van der Waals surface area contributed by atoms with Gasteiger partial charge in [-0.15, -0.1) is 10.2 Å². The lowest BCUT2D eigenvalue weighted by atomic mass is 9.85. The van der Waals surface area contributed by atoms with Gasteiger partial charge in [-0.2, -0.15) is 0 Å². The predicted molar refractivity (Wildman–Crippen MR) is 177 cm³/mol. The summed E-state index contributed by atoms with van der Waals surface area (Å²) in [5, 5.41) is 24.2. The van der Waals surface area contributed by atoms with E-state index in [2.05, 4.69) is 59.6 Å². The second-order valence-corrected chi connectivity index (χ2v) is 13.6. The Hall–Kier alpha value is -4.28. The number of hydrogen-bond acceptors (Lipinski definition) is 7. The summed E-state index contributed by atoms with van der Waals surface area (Å²) in [4.78, 5) is 28.5. The third-order valence-corrected chi connectivity index (χ3v) is 9.18. The maximum absolute atomic E-state index is 13.4. The number of amides is 2. The Morgan fingerprint density at radius 1 is 1.02 bits per heavy atom. The summed E-state index contributed by atoms with van der Waals surface area (Å²) < 4.78 is 8.64. The standard InChI is InChI=1S/C36H44N6O4/c1-36(2,3)24-19-23(31(44)12-8-18-43)20-25(21-24)37-35(45)38-29-14-15-32(28-10-6-5-9-27(28)29)46-26-13-16-33-39-40-34(42(33)22-26)30-11-7-17-41(30)4/h5-6,9-10,13,16,19-22,29-30,32,43H,7-8,11-12,14-15,17-18H2,1-4H3,(H2,37,38,45)/t29-,30-,32+/m0/s1. The SMILES string of the molecule is CN1CCC[C@H]1c1nnc2ccc(O[C@@H]3CC[C@H](NC(=O)Nc4cc(C(=O)CCCO)cc(C(C)(C)C)c4)c4ccccc43)cn12. The molecular weight excluding hydrogens is 580 g/mol. The van der Waals surface area contributed by atoms with E-state index in [9.17, 15) is 14.7 Å². The van der Waals surface area contributed by atoms with Gasteiger partial charge in [-0.05, 0) is 98.1 Å². The van der Waals surface area contributed by atoms with E-state index in [4.69, 9.17) is 4.74 Å². The van der Waals surface area contributed by atoms with Crippen LogP contribution in [0.3, 0.4) is 0 Å². The molecule has 1 aliphatic heterocycles. The highest BCUT2D eigenvalue weighted by Gasteiger charge is 2.31. The number of urea groups is 1. The molecule has 3 atom stereocenters. The van der Waals surface area contributed by atoms with Crippen molar-refractivity contribution in [3.8, 4) is 5.75 Å². The van der Waals surface area contributed by atoms with Crippen molar-refractivity contribution in [3.05, 3.63) is 88.9 Å². The van der Waals surface area contributed by atoms with Crippen molar-refractivity contribution in [1.29, 1.82) is 0 Å². The van der Waals surface area contributed by atoms with E-state index < -0.39 is 0 Å². The lowest BCUT2D eigenvalue weighted by molar-refractivity contribution is 0.0971. The molecule has 0 bridgehead atoms. The third kappa shape index (κ3) is 6.78. The first-order valence-electron chi connectivity index (χ1n) is 16.3. The minimum absolute atomic E-state index is 0.0382. The molecule has 1 fully saturated rings. The van der Waals surface area contributed by atoms with Crippen LogP contribution < -0.4 is 15.4 Å². The minimum atomic E-state index is -0.332. The van der Waals surface area contributed by atoms with Gasteiger partial charge in [-0.1, -0.05) is 45.0 Å². The molecule has 3 N–H and O–H groups in total. The maximum atomic E-state index is 13.4. The molecule has 0 radical (unpaired) electrons. The van der Waals surface area contributed by atoms with Crippen molar-refractivity contribution in [1.82, 2.24) is 24.8 Å². The molecule has 10 heteroatoms. The number of pyridine rings is 1. The Bertz CT molecular complexity index is 1730. The zero-order valence-corrected chi connectivity index (χ0v) is 27.1. The first-order valence-corrected chi connectivity index (χ1v) is 16.3. The lowest BCUT2D eigenvalue weighted by Gasteiger charge is -2.32. The number of benzene rings is 2. The summed E-state index contributed by atoms with van der Waals surface area (Å²) in [7, 11) is 2.13. The summed E-state index contributed by atoms with van der Waals surface area (Å²) >= 11 is 0. The topological polar surface area (TPSA) is 121 Å². The summed E-state index contributed by atoms with van der Waals surface area (Å²) in [6.07, 6.45) is 6.12. The van der Waals surface area contributed by atoms with Gasteiger partial charge < -0.3 is 20.5 Å². The van der Waals surface area contributed by atoms with E-state index in [1.165, 1.54) is 0 Å². The number of ketones is 1. The number of anilines is 1. The second-order valence-electron chi connectivity index (χ2n) is 13.6. The van der Waals surface area contributed by atoms with Gasteiger partial charge in [0.2, 0.25) is 0 Å². The Morgan fingerprint density at radius 2 is 1.83 bits per heavy atom. The lowest BCUT2D eigenvalue weighted by Crippen LogP contribution is -2.35. The maximum Gasteiger partial charge on any atom is 0.319 e. The molecule has 46 heavy (non-hydrogen) atoms. The Balaban J connectivity index is 1.17. The molecule has 6 rings (SSSR count). The number of hydrogen-bond donors (Lipinski definition) is 3. The van der Waals surface area contributed by atoms with E-state index >= 15 is 0 Å². The van der Waals surface area contributed by atoms with Crippen molar-refractivity contribution in [2.75, 3.05) is 25.5 Å². The molecule has 4 aromatic rings. The Labute approximate surface area is 270 Å². The average molecular weight is 625 g/mol. The highest BCUT2D eigenvalue weighted by atomic mass is 16.5. The molecule has 2 amide bonds. The number of carbonyl (C=O) groups is 2. The second kappa shape index (κ2) is 13.2. The fraction of sp³-hybridized carbons (Fsp3) is 0.444. The number of ether oxygens (including phenoxy) is 1. The summed E-state index contributed by atoms with van der Waals surface area (Å²) in [5.74, 6) is 1.64. The van der Waals surface area contributed by atoms with Gasteiger partial charge in [0.1, 0.15) is 11.9 Å². The molecule has 3 heterocycles. The first kappa shape index (κ1) is 31.7. The largest absolute Gasteiger partial charge is 0.484 e. The number of likely N-dealkylation sites (tertiary alicyclic amines) is 1. The van der Waals surface area contributed by atoms with Crippen LogP contribution in [0.25, 0.3) is 5.65 Å². The number of aromatic nitrogens is 3. The molecule has 2 aliphatic rings. The van der Waals surface area contributed by atoms with Gasteiger partial charge in [-0.25, -0.2) is 4.79 Å². The number of Topliss-reactive ketones (excluding diaryl/α,β-unsaturated/α-hetero) is 1. The van der Waals surface area contributed by atoms with E-state index in [0.717, 1.165) is 59.7 Å². The number of rotatable bonds is 9. The van der Waals surface area contributed by atoms with Crippen LogP contribution in [-0.4, -0.2) is 56.6 Å². The molecule has 2 aromatic heterocycles. The molecule has 0 unspecified atom stereocenters. The van der Waals surface area contributed by atoms with E-state index in [1.54, 1.807) is 6.07 Å². The molecule has 10 nitrogen and oxygen atoms in total. The minimum Gasteiger partial charge on any atom is -0.484 e. The third-order valence-electron chi connectivity index (χ3n) is 9.18. The van der Waals surface area contributed by atoms with Crippen molar-refractivity contribution in [2.45, 2.75) is 82.9 Å². The number of nitrogens with zero attached hydrogens (tertiary/aromatic N) is 4. The summed E-state index contributed by atoms with van der Waals surface area (Å²) in [6.45, 7) is 7.23. The molecule has 242 valence electrons. The van der Waals surface area contributed by atoms with Gasteiger partial charge in [-0.3, -0.25) is 14.1 Å². The monoisotopic (exact) mass is 624 g/mol. The molecular formula is C36H44N6O4. The molecule has 1 saturated heterocycles. The Kier molecular flexibility index (Phi) is 9.11. The van der Waals surface area contributed by atoms with Crippen LogP contribution in [0, 0.1) is 0 Å². The van der Waals surface area contributed by atoms with Crippen LogP contribution in [0.4, 0.5) is 10.5 Å². The molecule has 2 aromatic carbocycles. The predicted octanol–water partition coefficient (Wildman–Crippen LogP) is 6.53. The van der Waals surface area contributed by atoms with Crippen LogP contribution in [0.2, 0.25) is 0 Å². The normalized spacial score (nSPS) is 20.0. The number of carbonyl (C=O) groups excluding carboxylic acids is 2. The van der Waals surface area contributed by atoms with Crippen LogP contribution in [0.5, 0.6) is 5.75 Å². The Morgan fingerprint density at radius 3 is 2.57 bits per heavy atom. The van der Waals surface area contributed by atoms with E-state index in [0.29, 0.717) is 24.1 Å². The van der Waals surface area contributed by atoms with E-state index in [1.807, 2.05) is 53.1 Å². The van der Waals surface area contributed by atoms with Gasteiger partial charge in [0.05, 0.1) is 18.3 Å². The van der Waals surface area contributed by atoms with E-state index in [-0.39, 0.29) is 48.4 Å². The summed E-state index contributed by atoms with van der Waals surface area (Å²) in [5.41, 5.74) is 4.71. The quantitative estimate of drug-likeness (QED) is 0.181. The fourth-order valence-electron chi connectivity index (χ4n) is 6.61. The number of fused-ring (bicyclic) bond motifs is 2. The van der Waals surface area contributed by atoms with Gasteiger partial charge in [0.25, 0.3) is 0 Å². The smallest absolute Gasteiger partial charge is 0.319 e. The van der Waals surface area contributed by atoms with Crippen molar-refractivity contribution in [2.24, 2.45) is 0 Å². The summed E-state index contributed by atoms with van der Waals surface area (Å²) in [6, 6.07) is 17.2. The zero-order chi connectivity index (χ0) is 32.4. The highest BCUT2D eigenvalue weighted by molar-refractivity contribution is 5.98. The zero-order valence-electron chi connectivity index (χ0n) is 27.1. The first-order chi connectivity index (χ1) is 22.1. The van der Waals surface area contributed by atoms with Crippen molar-refractivity contribution in [3.63, 3.8) is 0 Å². The van der Waals surface area contributed by atoms with Crippen LogP contribution in [0.1, 0.15) is 110 Å². The number of nitrogens with one attached hydrogen (secondary N) is 2. The van der Waals surface area contributed by atoms with Crippen LogP contribution in [-0.2, 0) is 5.41 Å². The molecule has 0 saturated carbocycles. The van der Waals surface area contributed by atoms with Crippen LogP contribution in [0.15, 0.2) is 60.8 Å². The highest BCUT2D eigenvalue weighted by Crippen LogP contribution is 2.39. The van der Waals surface area contributed by atoms with Crippen molar-refractivity contribution >= 4 is 23.1 Å². The molecule has 1 aliphatic carbocycles. The van der Waals surface area contributed by atoms with Gasteiger partial charge in [0, 0.05) is 24.3 Å². The molecule has 0 spiro atoms.